The normalized spacial score (nSPS) is 39.1. The van der Waals surface area contributed by atoms with E-state index < -0.39 is 0 Å². The van der Waals surface area contributed by atoms with E-state index in [1.165, 1.54) is 13.0 Å². The molecule has 0 aromatic heterocycles. The smallest absolute Gasteiger partial charge is 0.0543 e. The molecule has 0 spiro atoms. The van der Waals surface area contributed by atoms with Crippen LogP contribution in [0.4, 0.5) is 0 Å². The van der Waals surface area contributed by atoms with Crippen molar-refractivity contribution in [1.29, 1.82) is 0 Å². The van der Waals surface area contributed by atoms with Gasteiger partial charge in [-0.3, -0.25) is 4.90 Å². The molecule has 0 radical (unpaired) electrons. The minimum atomic E-state index is -0.0419. The van der Waals surface area contributed by atoms with Crippen molar-refractivity contribution in [1.82, 2.24) is 4.90 Å². The van der Waals surface area contributed by atoms with Crippen LogP contribution in [-0.2, 0) is 0 Å². The van der Waals surface area contributed by atoms with E-state index >= 15 is 0 Å². The second kappa shape index (κ2) is 4.65. The average molecular weight is 216 g/mol. The first-order chi connectivity index (χ1) is 6.79. The van der Waals surface area contributed by atoms with Crippen molar-refractivity contribution in [3.8, 4) is 0 Å². The van der Waals surface area contributed by atoms with Crippen LogP contribution in [0.25, 0.3) is 0 Å². The molecule has 2 rings (SSSR count). The Hall–Kier alpha value is -0.0500. The lowest BCUT2D eigenvalue weighted by molar-refractivity contribution is 0.0866. The zero-order valence-electron chi connectivity index (χ0n) is 8.40. The van der Waals surface area contributed by atoms with E-state index in [0.717, 1.165) is 37.8 Å². The lowest BCUT2D eigenvalue weighted by Gasteiger charge is -2.27. The van der Waals surface area contributed by atoms with Gasteiger partial charge in [0.15, 0.2) is 0 Å². The minimum absolute atomic E-state index is 0.0419. The molecule has 2 aliphatic rings. The number of nitrogens with zero attached hydrogens (tertiary/aromatic N) is 1. The molecule has 1 saturated heterocycles. The molecule has 1 saturated carbocycles. The summed E-state index contributed by atoms with van der Waals surface area (Å²) < 4.78 is 0. The summed E-state index contributed by atoms with van der Waals surface area (Å²) in [6.45, 7) is 3.30. The van der Waals surface area contributed by atoms with Gasteiger partial charge >= 0.3 is 0 Å². The van der Waals surface area contributed by atoms with Gasteiger partial charge in [0.1, 0.15) is 0 Å². The van der Waals surface area contributed by atoms with Crippen LogP contribution < -0.4 is 0 Å². The van der Waals surface area contributed by atoms with Gasteiger partial charge in [0, 0.05) is 25.2 Å². The maximum atomic E-state index is 9.56. The Morgan fingerprint density at radius 3 is 2.86 bits per heavy atom. The summed E-state index contributed by atoms with van der Waals surface area (Å²) in [5, 5.41) is 9.56. The summed E-state index contributed by atoms with van der Waals surface area (Å²) in [6, 6.07) is 0. The van der Waals surface area contributed by atoms with E-state index in [-0.39, 0.29) is 6.10 Å². The highest BCUT2D eigenvalue weighted by molar-refractivity contribution is 6.25. The van der Waals surface area contributed by atoms with Crippen molar-refractivity contribution in [2.45, 2.75) is 25.4 Å². The van der Waals surface area contributed by atoms with Gasteiger partial charge in [-0.05, 0) is 31.1 Å². The highest BCUT2D eigenvalue weighted by atomic mass is 35.5. The molecule has 3 atom stereocenters. The predicted octanol–water partition coefficient (Wildman–Crippen LogP) is 1.83. The van der Waals surface area contributed by atoms with Gasteiger partial charge in [-0.1, -0.05) is 17.7 Å². The van der Waals surface area contributed by atoms with Crippen LogP contribution in [0.5, 0.6) is 0 Å². The highest BCUT2D eigenvalue weighted by Gasteiger charge is 2.36. The van der Waals surface area contributed by atoms with Crippen LogP contribution >= 0.6 is 11.6 Å². The number of aliphatic hydroxyl groups excluding tert-OH is 1. The fraction of sp³-hybridized carbons (Fsp3) is 0.818. The van der Waals surface area contributed by atoms with E-state index in [1.807, 2.05) is 6.08 Å². The van der Waals surface area contributed by atoms with Gasteiger partial charge in [0.05, 0.1) is 6.10 Å². The number of rotatable bonds is 2. The lowest BCUT2D eigenvalue weighted by Crippen LogP contribution is -2.26. The maximum absolute atomic E-state index is 9.56. The molecule has 1 aliphatic carbocycles. The molecule has 0 aromatic carbocycles. The molecule has 80 valence electrons. The molecule has 1 heterocycles. The molecule has 2 fully saturated rings. The van der Waals surface area contributed by atoms with Crippen LogP contribution in [-0.4, -0.2) is 35.7 Å². The molecule has 0 amide bonds. The molecule has 0 aromatic rings. The summed E-state index contributed by atoms with van der Waals surface area (Å²) in [4.78, 5) is 2.44. The SMILES string of the molecule is OC1CCC2CN(C/C=C/Cl)CC2C1. The van der Waals surface area contributed by atoms with Gasteiger partial charge in [0.2, 0.25) is 0 Å². The topological polar surface area (TPSA) is 23.5 Å². The Morgan fingerprint density at radius 1 is 1.29 bits per heavy atom. The first-order valence-corrected chi connectivity index (χ1v) is 5.89. The van der Waals surface area contributed by atoms with Crippen molar-refractivity contribution in [2.24, 2.45) is 11.8 Å². The second-order valence-electron chi connectivity index (χ2n) is 4.57. The monoisotopic (exact) mass is 215 g/mol. The molecule has 3 unspecified atom stereocenters. The third kappa shape index (κ3) is 2.30. The van der Waals surface area contributed by atoms with E-state index in [1.54, 1.807) is 5.54 Å². The van der Waals surface area contributed by atoms with Gasteiger partial charge in [-0.25, -0.2) is 0 Å². The Morgan fingerprint density at radius 2 is 2.07 bits per heavy atom. The number of fused-ring (bicyclic) bond motifs is 1. The van der Waals surface area contributed by atoms with Gasteiger partial charge in [0.25, 0.3) is 0 Å². The zero-order chi connectivity index (χ0) is 9.97. The molecule has 2 nitrogen and oxygen atoms in total. The fourth-order valence-corrected chi connectivity index (χ4v) is 2.92. The van der Waals surface area contributed by atoms with Crippen molar-refractivity contribution in [2.75, 3.05) is 19.6 Å². The van der Waals surface area contributed by atoms with Crippen molar-refractivity contribution >= 4 is 11.6 Å². The first-order valence-electron chi connectivity index (χ1n) is 5.45. The average Bonchev–Trinajstić information content (AvgIpc) is 2.56. The number of hydrogen-bond donors (Lipinski definition) is 1. The van der Waals surface area contributed by atoms with Crippen molar-refractivity contribution < 1.29 is 5.11 Å². The summed E-state index contributed by atoms with van der Waals surface area (Å²) in [7, 11) is 0. The van der Waals surface area contributed by atoms with Crippen LogP contribution in [0.1, 0.15) is 19.3 Å². The first kappa shape index (κ1) is 10.5. The lowest BCUT2D eigenvalue weighted by atomic mass is 9.80. The molecule has 1 aliphatic heterocycles. The van der Waals surface area contributed by atoms with Crippen LogP contribution in [0.3, 0.4) is 0 Å². The van der Waals surface area contributed by atoms with E-state index in [4.69, 9.17) is 11.6 Å². The molecule has 3 heteroatoms. The van der Waals surface area contributed by atoms with Gasteiger partial charge < -0.3 is 5.11 Å². The van der Waals surface area contributed by atoms with Gasteiger partial charge in [-0.15, -0.1) is 0 Å². The third-order valence-electron chi connectivity index (χ3n) is 3.55. The van der Waals surface area contributed by atoms with Crippen LogP contribution in [0.15, 0.2) is 11.6 Å². The molecule has 14 heavy (non-hydrogen) atoms. The predicted molar refractivity (Wildman–Crippen MR) is 58.3 cm³/mol. The van der Waals surface area contributed by atoms with E-state index in [2.05, 4.69) is 4.90 Å². The summed E-state index contributed by atoms with van der Waals surface area (Å²) >= 11 is 5.51. The molecular weight excluding hydrogens is 198 g/mol. The Kier molecular flexibility index (Phi) is 3.47. The van der Waals surface area contributed by atoms with Crippen LogP contribution in [0, 0.1) is 11.8 Å². The Labute approximate surface area is 90.5 Å². The standard InChI is InChI=1S/C11H18ClNO/c12-4-1-5-13-7-9-2-3-11(14)6-10(9)8-13/h1,4,9-11,14H,2-3,5-8H2/b4-1+. The Balaban J connectivity index is 1.85. The van der Waals surface area contributed by atoms with Gasteiger partial charge in [-0.2, -0.15) is 0 Å². The molecule has 1 N–H and O–H groups in total. The van der Waals surface area contributed by atoms with E-state index in [9.17, 15) is 5.11 Å². The number of likely N-dealkylation sites (tertiary alicyclic amines) is 1. The number of hydrogen-bond acceptors (Lipinski definition) is 2. The Bertz CT molecular complexity index is 219. The second-order valence-corrected chi connectivity index (χ2v) is 4.82. The zero-order valence-corrected chi connectivity index (χ0v) is 9.16. The largest absolute Gasteiger partial charge is 0.393 e. The molecular formula is C11H18ClNO. The summed E-state index contributed by atoms with van der Waals surface area (Å²) in [5.74, 6) is 1.55. The van der Waals surface area contributed by atoms with Crippen LogP contribution in [0.2, 0.25) is 0 Å². The van der Waals surface area contributed by atoms with Crippen molar-refractivity contribution in [3.05, 3.63) is 11.6 Å². The molecule has 0 bridgehead atoms. The highest BCUT2D eigenvalue weighted by Crippen LogP contribution is 2.35. The van der Waals surface area contributed by atoms with Crippen molar-refractivity contribution in [3.63, 3.8) is 0 Å². The number of halogens is 1. The maximum Gasteiger partial charge on any atom is 0.0543 e. The third-order valence-corrected chi connectivity index (χ3v) is 3.73. The summed E-state index contributed by atoms with van der Waals surface area (Å²) in [5.41, 5.74) is 1.59. The minimum Gasteiger partial charge on any atom is -0.393 e. The van der Waals surface area contributed by atoms with E-state index in [0.29, 0.717) is 0 Å². The fourth-order valence-electron chi connectivity index (χ4n) is 2.84. The summed E-state index contributed by atoms with van der Waals surface area (Å²) in [6.07, 6.45) is 5.16. The number of aliphatic hydroxyl groups is 1. The quantitative estimate of drug-likeness (QED) is 0.760.